The molecule has 1 unspecified atom stereocenters. The van der Waals surface area contributed by atoms with Crippen LogP contribution in [-0.4, -0.2) is 42.2 Å². The van der Waals surface area contributed by atoms with E-state index in [2.05, 4.69) is 20.9 Å². The first-order valence-electron chi connectivity index (χ1n) is 8.69. The minimum Gasteiger partial charge on any atom is -0.383 e. The first kappa shape index (κ1) is 20.7. The fourth-order valence-electron chi connectivity index (χ4n) is 2.33. The first-order chi connectivity index (χ1) is 12.9. The fourth-order valence-corrected chi connectivity index (χ4v) is 3.11. The molecular weight excluding hydrogens is 366 g/mol. The van der Waals surface area contributed by atoms with Gasteiger partial charge in [-0.2, -0.15) is 0 Å². The molecule has 4 N–H and O–H groups in total. The summed E-state index contributed by atoms with van der Waals surface area (Å²) in [5, 5.41) is 32.7. The van der Waals surface area contributed by atoms with Crippen molar-refractivity contribution in [3.05, 3.63) is 56.8 Å². The molecule has 1 aromatic carbocycles. The highest BCUT2D eigenvalue weighted by atomic mass is 32.1. The van der Waals surface area contributed by atoms with Crippen LogP contribution in [0.15, 0.2) is 46.8 Å². The van der Waals surface area contributed by atoms with Crippen LogP contribution in [0.4, 0.5) is 11.4 Å². The van der Waals surface area contributed by atoms with E-state index in [-0.39, 0.29) is 12.2 Å². The smallest absolute Gasteiger partial charge is 0.269 e. The lowest BCUT2D eigenvalue weighted by Crippen LogP contribution is -2.40. The fraction of sp³-hybridized carbons (Fsp3) is 0.389. The van der Waals surface area contributed by atoms with Crippen molar-refractivity contribution in [3.63, 3.8) is 0 Å². The van der Waals surface area contributed by atoms with E-state index < -0.39 is 10.5 Å². The molecule has 2 aromatic rings. The van der Waals surface area contributed by atoms with Gasteiger partial charge >= 0.3 is 0 Å². The van der Waals surface area contributed by atoms with Crippen molar-refractivity contribution in [2.24, 2.45) is 4.99 Å². The van der Waals surface area contributed by atoms with E-state index in [1.54, 1.807) is 19.1 Å². The SMILES string of the molecule is CCNC(=NCC(C)(O)c1cccs1)NCCNc1ccc([N+](=O)[O-])cc1. The second-order valence-electron chi connectivity index (χ2n) is 6.10. The summed E-state index contributed by atoms with van der Waals surface area (Å²) in [6, 6.07) is 10.1. The predicted molar refractivity (Wildman–Crippen MR) is 109 cm³/mol. The third-order valence-electron chi connectivity index (χ3n) is 3.77. The molecule has 1 heterocycles. The maximum absolute atomic E-state index is 10.7. The highest BCUT2D eigenvalue weighted by Gasteiger charge is 2.23. The van der Waals surface area contributed by atoms with Gasteiger partial charge in [-0.3, -0.25) is 10.1 Å². The Bertz CT molecular complexity index is 745. The van der Waals surface area contributed by atoms with Gasteiger partial charge in [-0.1, -0.05) is 6.07 Å². The van der Waals surface area contributed by atoms with Crippen LogP contribution < -0.4 is 16.0 Å². The Labute approximate surface area is 162 Å². The van der Waals surface area contributed by atoms with E-state index in [1.807, 2.05) is 24.4 Å². The maximum atomic E-state index is 10.7. The van der Waals surface area contributed by atoms with Gasteiger partial charge in [-0.05, 0) is 37.4 Å². The second-order valence-corrected chi connectivity index (χ2v) is 7.05. The van der Waals surface area contributed by atoms with Crippen molar-refractivity contribution in [1.29, 1.82) is 0 Å². The number of non-ortho nitro benzene ring substituents is 1. The predicted octanol–water partition coefficient (Wildman–Crippen LogP) is 2.53. The number of anilines is 1. The number of benzene rings is 1. The van der Waals surface area contributed by atoms with Crippen LogP contribution in [-0.2, 0) is 5.60 Å². The standard InChI is InChI=1S/C18H25N5O3S/c1-3-19-17(22-13-18(2,24)16-5-4-12-27-16)21-11-10-20-14-6-8-15(9-7-14)23(25)26/h4-9,12,20,24H,3,10-11,13H2,1-2H3,(H2,19,21,22). The topological polar surface area (TPSA) is 112 Å². The Kier molecular flexibility index (Phi) is 7.56. The molecule has 1 atom stereocenters. The van der Waals surface area contributed by atoms with E-state index in [4.69, 9.17) is 0 Å². The molecule has 0 saturated heterocycles. The third kappa shape index (κ3) is 6.54. The highest BCUT2D eigenvalue weighted by molar-refractivity contribution is 7.10. The molecular formula is C18H25N5O3S. The van der Waals surface area contributed by atoms with Gasteiger partial charge in [-0.25, -0.2) is 4.99 Å². The highest BCUT2D eigenvalue weighted by Crippen LogP contribution is 2.25. The number of hydrogen-bond donors (Lipinski definition) is 4. The van der Waals surface area contributed by atoms with Crippen LogP contribution in [0.3, 0.4) is 0 Å². The summed E-state index contributed by atoms with van der Waals surface area (Å²) < 4.78 is 0. The number of thiophene rings is 1. The lowest BCUT2D eigenvalue weighted by molar-refractivity contribution is -0.384. The molecule has 2 rings (SSSR count). The molecule has 0 bridgehead atoms. The molecule has 0 amide bonds. The zero-order chi connectivity index (χ0) is 19.7. The molecule has 27 heavy (non-hydrogen) atoms. The summed E-state index contributed by atoms with van der Waals surface area (Å²) in [6.45, 7) is 5.90. The number of nitrogens with zero attached hydrogens (tertiary/aromatic N) is 2. The number of aliphatic imine (C=N–C) groups is 1. The van der Waals surface area contributed by atoms with Gasteiger partial charge in [0, 0.05) is 42.3 Å². The van der Waals surface area contributed by atoms with Crippen LogP contribution in [0.2, 0.25) is 0 Å². The normalized spacial score (nSPS) is 13.7. The number of nitro groups is 1. The minimum atomic E-state index is -1.01. The largest absolute Gasteiger partial charge is 0.383 e. The van der Waals surface area contributed by atoms with Crippen molar-refractivity contribution >= 4 is 28.7 Å². The van der Waals surface area contributed by atoms with Crippen molar-refractivity contribution in [2.45, 2.75) is 19.4 Å². The molecule has 0 aliphatic rings. The minimum absolute atomic E-state index is 0.0676. The van der Waals surface area contributed by atoms with Crippen LogP contribution in [0.25, 0.3) is 0 Å². The van der Waals surface area contributed by atoms with Gasteiger partial charge in [-0.15, -0.1) is 11.3 Å². The van der Waals surface area contributed by atoms with E-state index in [0.717, 1.165) is 10.6 Å². The van der Waals surface area contributed by atoms with E-state index in [9.17, 15) is 15.2 Å². The molecule has 8 nitrogen and oxygen atoms in total. The Balaban J connectivity index is 1.82. The quantitative estimate of drug-likeness (QED) is 0.172. The Morgan fingerprint density at radius 2 is 2.00 bits per heavy atom. The molecule has 0 saturated carbocycles. The zero-order valence-electron chi connectivity index (χ0n) is 15.4. The van der Waals surface area contributed by atoms with Gasteiger partial charge in [0.15, 0.2) is 5.96 Å². The average Bonchev–Trinajstić information content (AvgIpc) is 3.19. The molecule has 0 aliphatic carbocycles. The second kappa shape index (κ2) is 9.89. The molecule has 0 aliphatic heterocycles. The van der Waals surface area contributed by atoms with E-state index >= 15 is 0 Å². The monoisotopic (exact) mass is 391 g/mol. The number of rotatable bonds is 9. The molecule has 146 valence electrons. The Morgan fingerprint density at radius 3 is 2.59 bits per heavy atom. The van der Waals surface area contributed by atoms with Crippen molar-refractivity contribution in [2.75, 3.05) is 31.5 Å². The number of hydrogen-bond acceptors (Lipinski definition) is 6. The first-order valence-corrected chi connectivity index (χ1v) is 9.57. The maximum Gasteiger partial charge on any atom is 0.269 e. The lowest BCUT2D eigenvalue weighted by atomic mass is 10.1. The van der Waals surface area contributed by atoms with Crippen LogP contribution in [0, 0.1) is 10.1 Å². The summed E-state index contributed by atoms with van der Waals surface area (Å²) in [7, 11) is 0. The summed E-state index contributed by atoms with van der Waals surface area (Å²) >= 11 is 1.50. The van der Waals surface area contributed by atoms with E-state index in [1.165, 1.54) is 23.5 Å². The van der Waals surface area contributed by atoms with Gasteiger partial charge in [0.1, 0.15) is 5.60 Å². The van der Waals surface area contributed by atoms with Gasteiger partial charge in [0.2, 0.25) is 0 Å². The van der Waals surface area contributed by atoms with Crippen LogP contribution >= 0.6 is 11.3 Å². The van der Waals surface area contributed by atoms with Crippen molar-refractivity contribution in [1.82, 2.24) is 10.6 Å². The summed E-state index contributed by atoms with van der Waals surface area (Å²) in [4.78, 5) is 15.6. The number of aliphatic hydroxyl groups is 1. The zero-order valence-corrected chi connectivity index (χ0v) is 16.3. The summed E-state index contributed by atoms with van der Waals surface area (Å²) in [6.07, 6.45) is 0. The molecule has 9 heteroatoms. The van der Waals surface area contributed by atoms with Crippen molar-refractivity contribution in [3.8, 4) is 0 Å². The number of nitro benzene ring substituents is 1. The average molecular weight is 391 g/mol. The summed E-state index contributed by atoms with van der Waals surface area (Å²) in [5.74, 6) is 0.625. The molecule has 0 radical (unpaired) electrons. The van der Waals surface area contributed by atoms with E-state index in [0.29, 0.717) is 25.6 Å². The molecule has 1 aromatic heterocycles. The Hall–Kier alpha value is -2.65. The number of nitrogens with one attached hydrogen (secondary N) is 3. The Morgan fingerprint density at radius 1 is 1.26 bits per heavy atom. The van der Waals surface area contributed by atoms with Crippen LogP contribution in [0.5, 0.6) is 0 Å². The van der Waals surface area contributed by atoms with Gasteiger partial charge in [0.05, 0.1) is 11.5 Å². The van der Waals surface area contributed by atoms with Gasteiger partial charge in [0.25, 0.3) is 5.69 Å². The molecule has 0 spiro atoms. The molecule has 0 fully saturated rings. The van der Waals surface area contributed by atoms with Gasteiger partial charge < -0.3 is 21.1 Å². The lowest BCUT2D eigenvalue weighted by Gasteiger charge is -2.20. The third-order valence-corrected chi connectivity index (χ3v) is 4.89. The van der Waals surface area contributed by atoms with Crippen molar-refractivity contribution < 1.29 is 10.0 Å². The number of guanidine groups is 1. The summed E-state index contributed by atoms with van der Waals surface area (Å²) in [5.41, 5.74) is -0.129. The van der Waals surface area contributed by atoms with Crippen LogP contribution in [0.1, 0.15) is 18.7 Å².